The minimum Gasteiger partial charge on any atom is -0.481 e. The quantitative estimate of drug-likeness (QED) is 0.741. The first-order valence-electron chi connectivity index (χ1n) is 6.94. The third-order valence-corrected chi connectivity index (χ3v) is 2.76. The molecule has 6 nitrogen and oxygen atoms in total. The van der Waals surface area contributed by atoms with Crippen molar-refractivity contribution in [1.82, 2.24) is 16.0 Å². The second kappa shape index (κ2) is 8.26. The summed E-state index contributed by atoms with van der Waals surface area (Å²) in [6, 6.07) is 7.35. The van der Waals surface area contributed by atoms with Gasteiger partial charge in [-0.15, -0.1) is 0 Å². The van der Waals surface area contributed by atoms with Crippen LogP contribution < -0.4 is 20.7 Å². The van der Waals surface area contributed by atoms with Crippen molar-refractivity contribution < 1.29 is 14.3 Å². The van der Waals surface area contributed by atoms with Crippen molar-refractivity contribution in [2.24, 2.45) is 0 Å². The van der Waals surface area contributed by atoms with Gasteiger partial charge in [-0.05, 0) is 24.6 Å². The van der Waals surface area contributed by atoms with Crippen LogP contribution in [0.5, 0.6) is 5.75 Å². The Morgan fingerprint density at radius 1 is 1.24 bits per heavy atom. The Morgan fingerprint density at radius 3 is 2.57 bits per heavy atom. The minimum atomic E-state index is -0.754. The Hall–Kier alpha value is -2.08. The summed E-state index contributed by atoms with van der Waals surface area (Å²) in [4.78, 5) is 22.8. The van der Waals surface area contributed by atoms with E-state index in [1.54, 1.807) is 13.0 Å². The first kappa shape index (κ1) is 17.0. The van der Waals surface area contributed by atoms with Crippen LogP contribution in [-0.2, 0) is 11.3 Å². The van der Waals surface area contributed by atoms with Gasteiger partial charge in [-0.1, -0.05) is 26.0 Å². The van der Waals surface area contributed by atoms with Crippen molar-refractivity contribution in [3.8, 4) is 5.75 Å². The lowest BCUT2D eigenvalue weighted by Crippen LogP contribution is -2.43. The molecular formula is C15H23N3O3. The Bertz CT molecular complexity index is 489. The van der Waals surface area contributed by atoms with Crippen molar-refractivity contribution in [3.63, 3.8) is 0 Å². The molecule has 0 aliphatic heterocycles. The van der Waals surface area contributed by atoms with E-state index in [1.807, 2.05) is 18.2 Å². The van der Waals surface area contributed by atoms with Crippen molar-refractivity contribution >= 4 is 11.9 Å². The number of imide groups is 1. The normalized spacial score (nSPS) is 11.9. The molecule has 0 heterocycles. The summed E-state index contributed by atoms with van der Waals surface area (Å²) in [6.45, 7) is 6.47. The molecule has 116 valence electrons. The van der Waals surface area contributed by atoms with E-state index in [4.69, 9.17) is 4.74 Å². The summed E-state index contributed by atoms with van der Waals surface area (Å²) in [6.07, 6.45) is -0.754. The number of rotatable bonds is 6. The van der Waals surface area contributed by atoms with E-state index in [-0.39, 0.29) is 0 Å². The van der Waals surface area contributed by atoms with Crippen LogP contribution in [-0.4, -0.2) is 31.1 Å². The van der Waals surface area contributed by atoms with E-state index < -0.39 is 18.0 Å². The first-order valence-corrected chi connectivity index (χ1v) is 6.94. The topological polar surface area (TPSA) is 79.5 Å². The van der Waals surface area contributed by atoms with Gasteiger partial charge in [-0.2, -0.15) is 0 Å². The maximum Gasteiger partial charge on any atom is 0.321 e. The van der Waals surface area contributed by atoms with E-state index in [9.17, 15) is 9.59 Å². The van der Waals surface area contributed by atoms with E-state index in [0.29, 0.717) is 11.8 Å². The number of amides is 3. The van der Waals surface area contributed by atoms with Crippen LogP contribution in [0, 0.1) is 0 Å². The molecule has 1 unspecified atom stereocenters. The fourth-order valence-corrected chi connectivity index (χ4v) is 1.58. The lowest BCUT2D eigenvalue weighted by atomic mass is 10.2. The molecule has 0 spiro atoms. The molecule has 1 rings (SSSR count). The Kier molecular flexibility index (Phi) is 6.68. The predicted octanol–water partition coefficient (Wildman–Crippen LogP) is 1.41. The van der Waals surface area contributed by atoms with Crippen LogP contribution in [0.15, 0.2) is 24.3 Å². The fraction of sp³-hybridized carbons (Fsp3) is 0.467. The van der Waals surface area contributed by atoms with Crippen LogP contribution in [0.4, 0.5) is 4.79 Å². The second-order valence-corrected chi connectivity index (χ2v) is 5.01. The van der Waals surface area contributed by atoms with Crippen molar-refractivity contribution in [3.05, 3.63) is 29.8 Å². The lowest BCUT2D eigenvalue weighted by molar-refractivity contribution is -0.126. The molecule has 3 amide bonds. The fourth-order valence-electron chi connectivity index (χ4n) is 1.58. The molecule has 0 saturated carbocycles. The first-order chi connectivity index (χ1) is 9.92. The van der Waals surface area contributed by atoms with Gasteiger partial charge in [-0.3, -0.25) is 10.1 Å². The molecular weight excluding hydrogens is 270 g/mol. The minimum absolute atomic E-state index is 0.395. The van der Waals surface area contributed by atoms with Crippen LogP contribution >= 0.6 is 0 Å². The standard InChI is InChI=1S/C15H23N3O3/c1-10(2)17-9-12-6-5-7-13(8-12)21-11(3)14(19)18-15(20)16-4/h5-8,10-11,17H,9H2,1-4H3,(H2,16,18,19,20). The Balaban J connectivity index is 2.59. The molecule has 0 aromatic heterocycles. The smallest absolute Gasteiger partial charge is 0.321 e. The van der Waals surface area contributed by atoms with E-state index >= 15 is 0 Å². The molecule has 1 atom stereocenters. The number of urea groups is 1. The number of benzene rings is 1. The number of carbonyl (C=O) groups is 2. The number of nitrogens with one attached hydrogen (secondary N) is 3. The highest BCUT2D eigenvalue weighted by atomic mass is 16.5. The molecule has 0 aliphatic carbocycles. The highest BCUT2D eigenvalue weighted by Gasteiger charge is 2.16. The third-order valence-electron chi connectivity index (χ3n) is 2.76. The molecule has 6 heteroatoms. The summed E-state index contributed by atoms with van der Waals surface area (Å²) in [5, 5.41) is 7.81. The van der Waals surface area contributed by atoms with Gasteiger partial charge in [0.05, 0.1) is 0 Å². The van der Waals surface area contributed by atoms with Gasteiger partial charge < -0.3 is 15.4 Å². The summed E-state index contributed by atoms with van der Waals surface area (Å²) in [7, 11) is 1.44. The van der Waals surface area contributed by atoms with Crippen LogP contribution in [0.1, 0.15) is 26.3 Å². The number of hydrogen-bond acceptors (Lipinski definition) is 4. The Labute approximate surface area is 125 Å². The molecule has 0 radical (unpaired) electrons. The Morgan fingerprint density at radius 2 is 1.95 bits per heavy atom. The summed E-state index contributed by atoms with van der Waals surface area (Å²) < 4.78 is 5.55. The maximum absolute atomic E-state index is 11.7. The van der Waals surface area contributed by atoms with Crippen LogP contribution in [0.2, 0.25) is 0 Å². The van der Waals surface area contributed by atoms with Gasteiger partial charge >= 0.3 is 6.03 Å². The van der Waals surface area contributed by atoms with Gasteiger partial charge in [0.25, 0.3) is 5.91 Å². The van der Waals surface area contributed by atoms with Gasteiger partial charge in [0, 0.05) is 19.6 Å². The predicted molar refractivity (Wildman–Crippen MR) is 81.1 cm³/mol. The number of ether oxygens (including phenoxy) is 1. The number of hydrogen-bond donors (Lipinski definition) is 3. The van der Waals surface area contributed by atoms with E-state index in [1.165, 1.54) is 7.05 Å². The SMILES string of the molecule is CNC(=O)NC(=O)C(C)Oc1cccc(CNC(C)C)c1. The van der Waals surface area contributed by atoms with Gasteiger partial charge in [0.1, 0.15) is 5.75 Å². The van der Waals surface area contributed by atoms with Crippen molar-refractivity contribution in [2.75, 3.05) is 7.05 Å². The molecule has 1 aromatic carbocycles. The monoisotopic (exact) mass is 293 g/mol. The number of carbonyl (C=O) groups excluding carboxylic acids is 2. The highest BCUT2D eigenvalue weighted by molar-refractivity contribution is 5.96. The zero-order chi connectivity index (χ0) is 15.8. The lowest BCUT2D eigenvalue weighted by Gasteiger charge is -2.15. The molecule has 0 saturated heterocycles. The maximum atomic E-state index is 11.7. The zero-order valence-corrected chi connectivity index (χ0v) is 12.9. The molecule has 0 aliphatic rings. The van der Waals surface area contributed by atoms with Crippen molar-refractivity contribution in [1.29, 1.82) is 0 Å². The molecule has 3 N–H and O–H groups in total. The summed E-state index contributed by atoms with van der Waals surface area (Å²) in [5.41, 5.74) is 1.07. The molecule has 0 fully saturated rings. The van der Waals surface area contributed by atoms with Crippen LogP contribution in [0.3, 0.4) is 0 Å². The summed E-state index contributed by atoms with van der Waals surface area (Å²) in [5.74, 6) is 0.109. The van der Waals surface area contributed by atoms with E-state index in [2.05, 4.69) is 29.8 Å². The highest BCUT2D eigenvalue weighted by Crippen LogP contribution is 2.15. The zero-order valence-electron chi connectivity index (χ0n) is 12.9. The van der Waals surface area contributed by atoms with E-state index in [0.717, 1.165) is 12.1 Å². The largest absolute Gasteiger partial charge is 0.481 e. The third kappa shape index (κ3) is 6.27. The molecule has 0 bridgehead atoms. The molecule has 1 aromatic rings. The second-order valence-electron chi connectivity index (χ2n) is 5.01. The average Bonchev–Trinajstić information content (AvgIpc) is 2.45. The average molecular weight is 293 g/mol. The molecule has 21 heavy (non-hydrogen) atoms. The van der Waals surface area contributed by atoms with Gasteiger partial charge in [0.2, 0.25) is 0 Å². The summed E-state index contributed by atoms with van der Waals surface area (Å²) >= 11 is 0. The van der Waals surface area contributed by atoms with Gasteiger partial charge in [0.15, 0.2) is 6.10 Å². The van der Waals surface area contributed by atoms with Gasteiger partial charge in [-0.25, -0.2) is 4.79 Å². The van der Waals surface area contributed by atoms with Crippen LogP contribution in [0.25, 0.3) is 0 Å². The van der Waals surface area contributed by atoms with Crippen molar-refractivity contribution in [2.45, 2.75) is 39.5 Å².